The molecule has 1 aliphatic rings. The van der Waals surface area contributed by atoms with Gasteiger partial charge in [-0.3, -0.25) is 10.1 Å². The molecule has 3 rings (SSSR count). The van der Waals surface area contributed by atoms with Crippen LogP contribution >= 0.6 is 0 Å². The fourth-order valence-electron chi connectivity index (χ4n) is 2.26. The summed E-state index contributed by atoms with van der Waals surface area (Å²) >= 11 is 0. The van der Waals surface area contributed by atoms with Crippen molar-refractivity contribution in [2.75, 3.05) is 25.4 Å². The third-order valence-corrected chi connectivity index (χ3v) is 3.16. The van der Waals surface area contributed by atoms with Crippen molar-refractivity contribution < 1.29 is 14.1 Å². The lowest BCUT2D eigenvalue weighted by atomic mass is 10.2. The van der Waals surface area contributed by atoms with Crippen LogP contribution in [0.1, 0.15) is 6.23 Å². The molecule has 1 aromatic heterocycles. The summed E-state index contributed by atoms with van der Waals surface area (Å²) in [5.74, 6) is -0.704. The quantitative estimate of drug-likeness (QED) is 0.622. The first-order valence-corrected chi connectivity index (χ1v) is 6.02. The number of fused-ring (bicyclic) bond motifs is 1. The van der Waals surface area contributed by atoms with Gasteiger partial charge in [0.15, 0.2) is 17.9 Å². The van der Waals surface area contributed by atoms with Crippen molar-refractivity contribution in [2.45, 2.75) is 6.23 Å². The van der Waals surface area contributed by atoms with Crippen molar-refractivity contribution in [2.24, 2.45) is 0 Å². The molecule has 0 saturated carbocycles. The van der Waals surface area contributed by atoms with Crippen LogP contribution in [-0.4, -0.2) is 34.4 Å². The van der Waals surface area contributed by atoms with Gasteiger partial charge >= 0.3 is 0 Å². The number of nitrogen functional groups attached to an aromatic ring is 1. The van der Waals surface area contributed by atoms with Gasteiger partial charge in [0, 0.05) is 19.2 Å². The van der Waals surface area contributed by atoms with Crippen LogP contribution in [0.25, 0.3) is 10.9 Å². The maximum absolute atomic E-state index is 14.1. The first-order valence-electron chi connectivity index (χ1n) is 6.02. The van der Waals surface area contributed by atoms with E-state index in [0.717, 1.165) is 6.07 Å². The average Bonchev–Trinajstić information content (AvgIpc) is 2.78. The lowest BCUT2D eigenvalue weighted by Crippen LogP contribution is -2.36. The van der Waals surface area contributed by atoms with E-state index >= 15 is 0 Å². The first-order chi connectivity index (χ1) is 9.58. The number of benzene rings is 1. The van der Waals surface area contributed by atoms with Crippen molar-refractivity contribution in [1.82, 2.24) is 15.1 Å². The zero-order valence-corrected chi connectivity index (χ0v) is 10.4. The molecule has 2 heterocycles. The summed E-state index contributed by atoms with van der Waals surface area (Å²) < 4.78 is 21.0. The van der Waals surface area contributed by atoms with Gasteiger partial charge < -0.3 is 15.8 Å². The molecule has 2 aromatic rings. The molecule has 106 valence electrons. The number of morpholine rings is 1. The fourth-order valence-corrected chi connectivity index (χ4v) is 2.26. The molecule has 1 fully saturated rings. The van der Waals surface area contributed by atoms with E-state index in [1.807, 2.05) is 0 Å². The normalized spacial score (nSPS) is 19.4. The van der Waals surface area contributed by atoms with Gasteiger partial charge in [-0.15, -0.1) is 0 Å². The summed E-state index contributed by atoms with van der Waals surface area (Å²) in [6.45, 7) is 1.65. The number of nitro groups is 1. The molecule has 1 saturated heterocycles. The van der Waals surface area contributed by atoms with Gasteiger partial charge in [0.05, 0.1) is 23.0 Å². The van der Waals surface area contributed by atoms with Gasteiger partial charge in [0.25, 0.3) is 5.69 Å². The molecule has 8 nitrogen and oxygen atoms in total. The Kier molecular flexibility index (Phi) is 2.99. The zero-order valence-electron chi connectivity index (χ0n) is 10.4. The lowest BCUT2D eigenvalue weighted by Gasteiger charge is -2.24. The number of aromatic nitrogens is 2. The number of halogens is 1. The Bertz CT molecular complexity index is 680. The molecule has 1 atom stereocenters. The molecule has 0 radical (unpaired) electrons. The van der Waals surface area contributed by atoms with Crippen molar-refractivity contribution >= 4 is 22.4 Å². The minimum absolute atomic E-state index is 0.0387. The van der Waals surface area contributed by atoms with Gasteiger partial charge in [0.1, 0.15) is 5.52 Å². The Morgan fingerprint density at radius 3 is 3.05 bits per heavy atom. The van der Waals surface area contributed by atoms with Crippen LogP contribution in [0.3, 0.4) is 0 Å². The van der Waals surface area contributed by atoms with Gasteiger partial charge in [0.2, 0.25) is 0 Å². The maximum Gasteiger partial charge on any atom is 0.273 e. The molecule has 0 amide bonds. The molecule has 1 unspecified atom stereocenters. The number of nitrogens with one attached hydrogen (secondary N) is 1. The predicted molar refractivity (Wildman–Crippen MR) is 68.6 cm³/mol. The first kappa shape index (κ1) is 12.8. The fraction of sp³-hybridized carbons (Fsp3) is 0.364. The molecule has 0 aliphatic carbocycles. The summed E-state index contributed by atoms with van der Waals surface area (Å²) in [4.78, 5) is 10.1. The molecule has 1 aromatic carbocycles. The van der Waals surface area contributed by atoms with Gasteiger partial charge in [-0.25, -0.2) is 9.07 Å². The van der Waals surface area contributed by atoms with Crippen molar-refractivity contribution in [1.29, 1.82) is 0 Å². The molecular weight excluding hydrogens is 269 g/mol. The second-order valence-electron chi connectivity index (χ2n) is 4.44. The van der Waals surface area contributed by atoms with Gasteiger partial charge in [-0.1, -0.05) is 0 Å². The van der Waals surface area contributed by atoms with E-state index in [1.165, 1.54) is 10.7 Å². The highest BCUT2D eigenvalue weighted by molar-refractivity contribution is 5.91. The number of hydrogen-bond acceptors (Lipinski definition) is 6. The van der Waals surface area contributed by atoms with Crippen LogP contribution in [0.15, 0.2) is 12.1 Å². The number of anilines is 1. The number of nitrogens with zero attached hydrogens (tertiary/aromatic N) is 3. The van der Waals surface area contributed by atoms with E-state index in [4.69, 9.17) is 10.5 Å². The molecule has 0 spiro atoms. The molecule has 1 aliphatic heterocycles. The lowest BCUT2D eigenvalue weighted by molar-refractivity contribution is -0.384. The van der Waals surface area contributed by atoms with E-state index in [2.05, 4.69) is 10.4 Å². The van der Waals surface area contributed by atoms with Crippen LogP contribution < -0.4 is 11.1 Å². The maximum atomic E-state index is 14.1. The molecule has 9 heteroatoms. The van der Waals surface area contributed by atoms with E-state index in [1.54, 1.807) is 0 Å². The summed E-state index contributed by atoms with van der Waals surface area (Å²) in [6, 6.07) is 2.07. The summed E-state index contributed by atoms with van der Waals surface area (Å²) in [7, 11) is 0. The SMILES string of the molecule is Nc1nn(C2CNCCO2)c2c(F)cc([N+](=O)[O-])cc12. The Morgan fingerprint density at radius 1 is 1.60 bits per heavy atom. The van der Waals surface area contributed by atoms with Crippen molar-refractivity contribution in [3.63, 3.8) is 0 Å². The molecular formula is C11H12FN5O3. The molecule has 0 bridgehead atoms. The number of hydrogen-bond donors (Lipinski definition) is 2. The number of nitro benzene ring substituents is 1. The second kappa shape index (κ2) is 4.69. The number of non-ortho nitro benzene ring substituents is 1. The Labute approximate surface area is 112 Å². The van der Waals surface area contributed by atoms with Crippen LogP contribution in [0, 0.1) is 15.9 Å². The average molecular weight is 281 g/mol. The van der Waals surface area contributed by atoms with Gasteiger partial charge in [-0.2, -0.15) is 5.10 Å². The number of nitrogens with two attached hydrogens (primary N) is 1. The molecule has 20 heavy (non-hydrogen) atoms. The van der Waals surface area contributed by atoms with Crippen LogP contribution in [0.4, 0.5) is 15.9 Å². The number of ether oxygens (including phenoxy) is 1. The van der Waals surface area contributed by atoms with E-state index in [-0.39, 0.29) is 22.4 Å². The number of rotatable bonds is 2. The smallest absolute Gasteiger partial charge is 0.273 e. The van der Waals surface area contributed by atoms with Crippen molar-refractivity contribution in [3.05, 3.63) is 28.1 Å². The monoisotopic (exact) mass is 281 g/mol. The highest BCUT2D eigenvalue weighted by Crippen LogP contribution is 2.30. The third kappa shape index (κ3) is 1.96. The molecule has 3 N–H and O–H groups in total. The predicted octanol–water partition coefficient (Wildman–Crippen LogP) is 0.784. The van der Waals surface area contributed by atoms with Crippen molar-refractivity contribution in [3.8, 4) is 0 Å². The van der Waals surface area contributed by atoms with E-state index < -0.39 is 17.0 Å². The minimum atomic E-state index is -0.743. The Hall–Kier alpha value is -2.26. The van der Waals surface area contributed by atoms with Crippen LogP contribution in [-0.2, 0) is 4.74 Å². The minimum Gasteiger partial charge on any atom is -0.382 e. The van der Waals surface area contributed by atoms with Crippen LogP contribution in [0.2, 0.25) is 0 Å². The van der Waals surface area contributed by atoms with Gasteiger partial charge in [-0.05, 0) is 0 Å². The van der Waals surface area contributed by atoms with Crippen LogP contribution in [0.5, 0.6) is 0 Å². The summed E-state index contributed by atoms with van der Waals surface area (Å²) in [5, 5.41) is 18.1. The zero-order chi connectivity index (χ0) is 14.3. The second-order valence-corrected chi connectivity index (χ2v) is 4.44. The summed E-state index contributed by atoms with van der Waals surface area (Å²) in [6.07, 6.45) is -0.487. The Balaban J connectivity index is 2.17. The van der Waals surface area contributed by atoms with E-state index in [9.17, 15) is 14.5 Å². The highest BCUT2D eigenvalue weighted by atomic mass is 19.1. The van der Waals surface area contributed by atoms with E-state index in [0.29, 0.717) is 19.7 Å². The largest absolute Gasteiger partial charge is 0.382 e. The third-order valence-electron chi connectivity index (χ3n) is 3.16. The summed E-state index contributed by atoms with van der Waals surface area (Å²) in [5.41, 5.74) is 5.48. The highest BCUT2D eigenvalue weighted by Gasteiger charge is 2.24. The Morgan fingerprint density at radius 2 is 2.40 bits per heavy atom. The standard InChI is InChI=1S/C11H12FN5O3/c12-8-4-6(17(18)19)3-7-10(8)16(15-11(7)13)9-5-14-1-2-20-9/h3-4,9,14H,1-2,5H2,(H2,13,15). The topological polar surface area (TPSA) is 108 Å².